The second kappa shape index (κ2) is 11.4. The van der Waals surface area contributed by atoms with Gasteiger partial charge >= 0.3 is 12.1 Å². The van der Waals surface area contributed by atoms with E-state index in [2.05, 4.69) is 9.97 Å². The molecule has 34 heavy (non-hydrogen) atoms. The van der Waals surface area contributed by atoms with Crippen molar-refractivity contribution in [1.82, 2.24) is 9.97 Å². The number of halogens is 3. The Balaban J connectivity index is 1.63. The molecule has 180 valence electrons. The summed E-state index contributed by atoms with van der Waals surface area (Å²) in [5, 5.41) is 8.85. The van der Waals surface area contributed by atoms with Crippen LogP contribution in [0.25, 0.3) is 11.4 Å². The zero-order chi connectivity index (χ0) is 24.7. The van der Waals surface area contributed by atoms with Crippen molar-refractivity contribution in [2.45, 2.75) is 50.3 Å². The van der Waals surface area contributed by atoms with Crippen LogP contribution in [-0.4, -0.2) is 32.9 Å². The second-order valence-electron chi connectivity index (χ2n) is 7.83. The monoisotopic (exact) mass is 490 g/mol. The van der Waals surface area contributed by atoms with Gasteiger partial charge in [-0.25, -0.2) is 9.97 Å². The number of carboxylic acids is 1. The molecule has 0 spiro atoms. The van der Waals surface area contributed by atoms with Crippen LogP contribution in [-0.2, 0) is 17.4 Å². The molecule has 3 rings (SSSR count). The van der Waals surface area contributed by atoms with Crippen molar-refractivity contribution in [3.63, 3.8) is 0 Å². The van der Waals surface area contributed by atoms with Gasteiger partial charge in [-0.1, -0.05) is 6.07 Å². The number of aryl methyl sites for hydroxylation is 2. The number of rotatable bonds is 10. The Labute approximate surface area is 200 Å². The van der Waals surface area contributed by atoms with E-state index in [0.717, 1.165) is 33.9 Å². The fourth-order valence-corrected chi connectivity index (χ4v) is 4.43. The third kappa shape index (κ3) is 7.21. The van der Waals surface area contributed by atoms with Gasteiger partial charge in [0, 0.05) is 29.5 Å². The fourth-order valence-electron chi connectivity index (χ4n) is 3.32. The van der Waals surface area contributed by atoms with Gasteiger partial charge in [-0.15, -0.1) is 11.8 Å². The number of carbonyl (C=O) groups is 1. The van der Waals surface area contributed by atoms with Gasteiger partial charge in [-0.2, -0.15) is 13.2 Å². The Hall–Kier alpha value is -3.07. The number of alkyl halides is 3. The van der Waals surface area contributed by atoms with E-state index in [1.165, 1.54) is 18.5 Å². The lowest BCUT2D eigenvalue weighted by Crippen LogP contribution is -2.14. The maximum absolute atomic E-state index is 13.2. The minimum Gasteiger partial charge on any atom is -0.490 e. The van der Waals surface area contributed by atoms with Crippen LogP contribution in [0.3, 0.4) is 0 Å². The quantitative estimate of drug-likeness (QED) is 0.330. The first kappa shape index (κ1) is 25.6. The highest BCUT2D eigenvalue weighted by Gasteiger charge is 2.31. The van der Waals surface area contributed by atoms with E-state index in [1.807, 2.05) is 32.0 Å². The first-order valence-corrected chi connectivity index (χ1v) is 11.7. The molecular weight excluding hydrogens is 465 g/mol. The number of hydrogen-bond donors (Lipinski definition) is 1. The molecule has 2 aromatic carbocycles. The van der Waals surface area contributed by atoms with Crippen molar-refractivity contribution in [2.24, 2.45) is 0 Å². The Morgan fingerprint density at radius 1 is 1.15 bits per heavy atom. The van der Waals surface area contributed by atoms with Gasteiger partial charge in [0.15, 0.2) is 5.82 Å². The summed E-state index contributed by atoms with van der Waals surface area (Å²) in [6.45, 7) is 3.83. The van der Waals surface area contributed by atoms with Crippen molar-refractivity contribution in [3.8, 4) is 17.1 Å². The summed E-state index contributed by atoms with van der Waals surface area (Å²) in [7, 11) is 0. The number of ether oxygens (including phenoxy) is 1. The van der Waals surface area contributed by atoms with Crippen LogP contribution in [0.15, 0.2) is 59.8 Å². The molecule has 0 bridgehead atoms. The molecule has 1 heterocycles. The lowest BCUT2D eigenvalue weighted by Gasteiger charge is -2.18. The highest BCUT2D eigenvalue weighted by Crippen LogP contribution is 2.36. The summed E-state index contributed by atoms with van der Waals surface area (Å²) in [4.78, 5) is 20.0. The number of benzene rings is 2. The molecule has 0 saturated heterocycles. The molecule has 5 nitrogen and oxygen atoms in total. The Bertz CT molecular complexity index is 1120. The van der Waals surface area contributed by atoms with Crippen molar-refractivity contribution in [1.29, 1.82) is 0 Å². The van der Waals surface area contributed by atoms with E-state index in [1.54, 1.807) is 17.8 Å². The molecule has 0 aliphatic heterocycles. The number of aromatic nitrogens is 2. The average Bonchev–Trinajstić information content (AvgIpc) is 2.78. The normalized spacial score (nSPS) is 12.4. The smallest absolute Gasteiger partial charge is 0.416 e. The fraction of sp³-hybridized carbons (Fsp3) is 0.320. The van der Waals surface area contributed by atoms with Crippen LogP contribution < -0.4 is 4.74 Å². The van der Waals surface area contributed by atoms with Gasteiger partial charge in [0.25, 0.3) is 0 Å². The maximum Gasteiger partial charge on any atom is 0.416 e. The Kier molecular flexibility index (Phi) is 8.55. The van der Waals surface area contributed by atoms with E-state index >= 15 is 0 Å². The third-order valence-electron chi connectivity index (χ3n) is 5.16. The molecule has 0 fully saturated rings. The van der Waals surface area contributed by atoms with E-state index in [4.69, 9.17) is 9.84 Å². The highest BCUT2D eigenvalue weighted by atomic mass is 32.2. The first-order chi connectivity index (χ1) is 16.1. The molecule has 1 N–H and O–H groups in total. The van der Waals surface area contributed by atoms with Crippen molar-refractivity contribution in [2.75, 3.05) is 5.75 Å². The van der Waals surface area contributed by atoms with Gasteiger partial charge in [-0.3, -0.25) is 4.79 Å². The number of aliphatic carboxylic acids is 1. The number of nitrogens with zero attached hydrogens (tertiary/aromatic N) is 2. The van der Waals surface area contributed by atoms with Gasteiger partial charge in [0.05, 0.1) is 17.2 Å². The summed E-state index contributed by atoms with van der Waals surface area (Å²) in [6, 6.07) is 10.9. The maximum atomic E-state index is 13.2. The van der Waals surface area contributed by atoms with E-state index in [9.17, 15) is 18.0 Å². The predicted octanol–water partition coefficient (Wildman–Crippen LogP) is 6.44. The van der Waals surface area contributed by atoms with Crippen LogP contribution in [0, 0.1) is 6.92 Å². The van der Waals surface area contributed by atoms with Crippen LogP contribution >= 0.6 is 11.8 Å². The van der Waals surface area contributed by atoms with Gasteiger partial charge < -0.3 is 9.84 Å². The molecule has 0 radical (unpaired) electrons. The van der Waals surface area contributed by atoms with Crippen molar-refractivity contribution < 1.29 is 27.8 Å². The Morgan fingerprint density at radius 2 is 1.88 bits per heavy atom. The molecular formula is C25H25F3N2O3S. The summed E-state index contributed by atoms with van der Waals surface area (Å²) in [6.07, 6.45) is -0.517. The minimum atomic E-state index is -4.48. The third-order valence-corrected chi connectivity index (χ3v) is 6.18. The van der Waals surface area contributed by atoms with Crippen LogP contribution in [0.4, 0.5) is 13.2 Å². The topological polar surface area (TPSA) is 72.3 Å². The van der Waals surface area contributed by atoms with Crippen molar-refractivity contribution >= 4 is 17.7 Å². The van der Waals surface area contributed by atoms with Crippen LogP contribution in [0.2, 0.25) is 0 Å². The summed E-state index contributed by atoms with van der Waals surface area (Å²) in [5.41, 5.74) is 1.48. The molecule has 9 heteroatoms. The molecule has 0 aliphatic rings. The van der Waals surface area contributed by atoms with Crippen molar-refractivity contribution in [3.05, 3.63) is 71.5 Å². The zero-order valence-corrected chi connectivity index (χ0v) is 19.6. The number of carboxylic acid groups (broad SMARTS) is 1. The Morgan fingerprint density at radius 3 is 2.53 bits per heavy atom. The first-order valence-electron chi connectivity index (χ1n) is 10.7. The minimum absolute atomic E-state index is 0.0993. The molecule has 0 amide bonds. The van der Waals surface area contributed by atoms with Gasteiger partial charge in [-0.05, 0) is 74.2 Å². The van der Waals surface area contributed by atoms with E-state index in [0.29, 0.717) is 18.6 Å². The molecule has 3 aromatic rings. The lowest BCUT2D eigenvalue weighted by atomic mass is 10.0. The molecule has 0 aliphatic carbocycles. The van der Waals surface area contributed by atoms with E-state index < -0.39 is 17.7 Å². The van der Waals surface area contributed by atoms with Gasteiger partial charge in [0.1, 0.15) is 5.75 Å². The standard InChI is InChI=1S/C25H25F3N2O3S/c1-16-14-20(7-4-18(16)5-9-23(31)32)34-13-10-17(2)33-22-8-6-19(25(26,27)28)15-21(22)24-29-11-3-12-30-24/h3-4,6-8,11-12,14-15,17H,5,9-10,13H2,1-2H3,(H,31,32). The second-order valence-corrected chi connectivity index (χ2v) is 9.00. The summed E-state index contributed by atoms with van der Waals surface area (Å²) in [5.74, 6) is 0.396. The van der Waals surface area contributed by atoms with E-state index in [-0.39, 0.29) is 23.9 Å². The summed E-state index contributed by atoms with van der Waals surface area (Å²) < 4.78 is 45.7. The molecule has 1 aromatic heterocycles. The summed E-state index contributed by atoms with van der Waals surface area (Å²) >= 11 is 1.64. The predicted molar refractivity (Wildman–Crippen MR) is 125 cm³/mol. The average molecular weight is 491 g/mol. The molecule has 0 saturated carbocycles. The molecule has 1 unspecified atom stereocenters. The SMILES string of the molecule is Cc1cc(SCCC(C)Oc2ccc(C(F)(F)F)cc2-c2ncccn2)ccc1CCC(=O)O. The lowest BCUT2D eigenvalue weighted by molar-refractivity contribution is -0.138. The van der Waals surface area contributed by atoms with Gasteiger partial charge in [0.2, 0.25) is 0 Å². The number of hydrogen-bond acceptors (Lipinski definition) is 5. The number of thioether (sulfide) groups is 1. The largest absolute Gasteiger partial charge is 0.490 e. The zero-order valence-electron chi connectivity index (χ0n) is 18.8. The molecule has 1 atom stereocenters. The highest BCUT2D eigenvalue weighted by molar-refractivity contribution is 7.99. The van der Waals surface area contributed by atoms with Crippen LogP contribution in [0.5, 0.6) is 5.75 Å². The van der Waals surface area contributed by atoms with Crippen LogP contribution in [0.1, 0.15) is 36.5 Å².